The average molecular weight is 713 g/mol. The standard InChI is InChI=1S/C48H36N2.C3H8.C2H4/c1-29-14-15-34-23-41-43-25-38(33-11-6-5-7-12-33)26-44-42-24-35-16-17-39(22-37(35)28-47(42)50(48(43)44)46(41)27-36(34)19-29)49(45-13-9-8-10-32(45)4)40-20-30(2)18-31(3)21-40;1-3-2;1-2/h5-28H,1-4H3;3H2,1-2H3;1-2H2. The highest BCUT2D eigenvalue weighted by Crippen LogP contribution is 2.45. The van der Waals surface area contributed by atoms with Gasteiger partial charge in [-0.05, 0) is 144 Å². The zero-order chi connectivity index (χ0) is 38.4. The van der Waals surface area contributed by atoms with Crippen LogP contribution in [0, 0.1) is 27.7 Å². The number of nitrogens with zero attached hydrogens (tertiary/aromatic N) is 2. The van der Waals surface area contributed by atoms with E-state index in [1.165, 1.54) is 111 Å². The van der Waals surface area contributed by atoms with Crippen LogP contribution in [0.15, 0.2) is 159 Å². The van der Waals surface area contributed by atoms with Crippen molar-refractivity contribution >= 4 is 76.7 Å². The second kappa shape index (κ2) is 14.5. The summed E-state index contributed by atoms with van der Waals surface area (Å²) < 4.78 is 2.53. The number of hydrogen-bond acceptors (Lipinski definition) is 1. The molecule has 10 rings (SSSR count). The average Bonchev–Trinajstić information content (AvgIpc) is 3.68. The monoisotopic (exact) mass is 712 g/mol. The second-order valence-corrected chi connectivity index (χ2v) is 14.9. The molecule has 10 aromatic rings. The zero-order valence-electron chi connectivity index (χ0n) is 32.9. The Hall–Kier alpha value is -6.38. The van der Waals surface area contributed by atoms with Crippen molar-refractivity contribution in [3.05, 3.63) is 181 Å². The molecule has 0 aliphatic heterocycles. The van der Waals surface area contributed by atoms with Crippen molar-refractivity contribution in [2.24, 2.45) is 0 Å². The van der Waals surface area contributed by atoms with Gasteiger partial charge in [-0.15, -0.1) is 13.2 Å². The number of benzene rings is 8. The first-order chi connectivity index (χ1) is 26.8. The Morgan fingerprint density at radius 3 is 1.64 bits per heavy atom. The number of anilines is 3. The van der Waals surface area contributed by atoms with Gasteiger partial charge in [-0.3, -0.25) is 0 Å². The van der Waals surface area contributed by atoms with Gasteiger partial charge in [0.15, 0.2) is 0 Å². The van der Waals surface area contributed by atoms with E-state index in [9.17, 15) is 0 Å². The number of hydrogen-bond donors (Lipinski definition) is 0. The summed E-state index contributed by atoms with van der Waals surface area (Å²) in [6.07, 6.45) is 1.25. The minimum atomic E-state index is 1.16. The number of aromatic nitrogens is 1. The van der Waals surface area contributed by atoms with E-state index >= 15 is 0 Å². The van der Waals surface area contributed by atoms with Crippen molar-refractivity contribution < 1.29 is 0 Å². The summed E-state index contributed by atoms with van der Waals surface area (Å²) in [6, 6.07) is 54.5. The van der Waals surface area contributed by atoms with Crippen LogP contribution in [0.2, 0.25) is 0 Å². The van der Waals surface area contributed by atoms with E-state index in [1.807, 2.05) is 0 Å². The fourth-order valence-corrected chi connectivity index (χ4v) is 8.39. The highest BCUT2D eigenvalue weighted by atomic mass is 15.1. The first kappa shape index (κ1) is 35.6. The molecule has 0 aliphatic carbocycles. The van der Waals surface area contributed by atoms with Crippen LogP contribution in [-0.4, -0.2) is 4.40 Å². The lowest BCUT2D eigenvalue weighted by atomic mass is 9.97. The SMILES string of the molecule is C=C.CCC.Cc1cc(C)cc(N(c2ccc3cc4c5cc(-c6ccccc6)cc6c7cc8ccc(C)cc8cc7n(c4cc3c2)c65)c2ccccc2C)c1. The molecule has 2 aromatic heterocycles. The third-order valence-corrected chi connectivity index (χ3v) is 10.6. The Balaban J connectivity index is 0.000000817. The molecule has 55 heavy (non-hydrogen) atoms. The van der Waals surface area contributed by atoms with Crippen LogP contribution in [0.1, 0.15) is 42.5 Å². The molecule has 0 radical (unpaired) electrons. The van der Waals surface area contributed by atoms with Gasteiger partial charge in [0.2, 0.25) is 0 Å². The van der Waals surface area contributed by atoms with Crippen LogP contribution >= 0.6 is 0 Å². The van der Waals surface area contributed by atoms with Gasteiger partial charge in [-0.1, -0.05) is 105 Å². The number of rotatable bonds is 4. The van der Waals surface area contributed by atoms with Crippen LogP contribution in [0.5, 0.6) is 0 Å². The van der Waals surface area contributed by atoms with Gasteiger partial charge in [0, 0.05) is 38.6 Å². The number of para-hydroxylation sites is 1. The van der Waals surface area contributed by atoms with Crippen molar-refractivity contribution in [2.45, 2.75) is 48.0 Å². The second-order valence-electron chi connectivity index (χ2n) is 14.9. The van der Waals surface area contributed by atoms with E-state index < -0.39 is 0 Å². The summed E-state index contributed by atoms with van der Waals surface area (Å²) in [4.78, 5) is 2.42. The van der Waals surface area contributed by atoms with E-state index in [4.69, 9.17) is 0 Å². The third-order valence-electron chi connectivity index (χ3n) is 10.6. The summed E-state index contributed by atoms with van der Waals surface area (Å²) in [7, 11) is 0. The first-order valence-corrected chi connectivity index (χ1v) is 19.4. The number of fused-ring (bicyclic) bond motifs is 8. The van der Waals surface area contributed by atoms with E-state index in [-0.39, 0.29) is 0 Å². The topological polar surface area (TPSA) is 7.65 Å². The lowest BCUT2D eigenvalue weighted by molar-refractivity contribution is 1.09. The lowest BCUT2D eigenvalue weighted by Crippen LogP contribution is -2.11. The van der Waals surface area contributed by atoms with Crippen LogP contribution in [0.3, 0.4) is 0 Å². The van der Waals surface area contributed by atoms with Crippen molar-refractivity contribution in [3.8, 4) is 11.1 Å². The maximum absolute atomic E-state index is 3.00. The molecule has 0 saturated heterocycles. The van der Waals surface area contributed by atoms with Crippen LogP contribution in [0.4, 0.5) is 17.1 Å². The molecule has 0 amide bonds. The zero-order valence-corrected chi connectivity index (χ0v) is 32.9. The van der Waals surface area contributed by atoms with Gasteiger partial charge in [0.25, 0.3) is 0 Å². The van der Waals surface area contributed by atoms with Gasteiger partial charge in [-0.25, -0.2) is 0 Å². The fraction of sp³-hybridized carbons (Fsp3) is 0.132. The summed E-state index contributed by atoms with van der Waals surface area (Å²) in [5, 5.41) is 10.2. The predicted molar refractivity (Wildman–Crippen MR) is 242 cm³/mol. The molecular weight excluding hydrogens is 665 g/mol. The Bertz CT molecular complexity index is 2980. The summed E-state index contributed by atoms with van der Waals surface area (Å²) in [5.41, 5.74) is 14.9. The maximum atomic E-state index is 3.00. The first-order valence-electron chi connectivity index (χ1n) is 19.4. The van der Waals surface area contributed by atoms with Gasteiger partial charge in [0.05, 0.1) is 16.6 Å². The van der Waals surface area contributed by atoms with E-state index in [1.54, 1.807) is 0 Å². The molecular formula is C53H48N2. The molecule has 270 valence electrons. The Morgan fingerprint density at radius 1 is 0.455 bits per heavy atom. The van der Waals surface area contributed by atoms with E-state index in [0.717, 1.165) is 5.69 Å². The summed E-state index contributed by atoms with van der Waals surface area (Å²) in [5.74, 6) is 0. The molecule has 0 saturated carbocycles. The van der Waals surface area contributed by atoms with Crippen molar-refractivity contribution in [3.63, 3.8) is 0 Å². The molecule has 0 N–H and O–H groups in total. The predicted octanol–water partition coefficient (Wildman–Crippen LogP) is 15.7. The van der Waals surface area contributed by atoms with Gasteiger partial charge < -0.3 is 9.30 Å². The normalized spacial score (nSPS) is 11.3. The quantitative estimate of drug-likeness (QED) is 0.165. The van der Waals surface area contributed by atoms with Gasteiger partial charge in [-0.2, -0.15) is 0 Å². The minimum Gasteiger partial charge on any atom is -0.310 e. The molecule has 0 unspecified atom stereocenters. The molecule has 2 nitrogen and oxygen atoms in total. The molecule has 0 spiro atoms. The molecule has 2 heterocycles. The highest BCUT2D eigenvalue weighted by Gasteiger charge is 2.21. The van der Waals surface area contributed by atoms with Gasteiger partial charge >= 0.3 is 0 Å². The van der Waals surface area contributed by atoms with Gasteiger partial charge in [0.1, 0.15) is 0 Å². The molecule has 0 bridgehead atoms. The highest BCUT2D eigenvalue weighted by molar-refractivity contribution is 6.27. The lowest BCUT2D eigenvalue weighted by Gasteiger charge is -2.28. The smallest absolute Gasteiger partial charge is 0.0620 e. The molecule has 0 aliphatic rings. The minimum absolute atomic E-state index is 1.16. The van der Waals surface area contributed by atoms with Crippen molar-refractivity contribution in [1.29, 1.82) is 0 Å². The molecule has 8 aromatic carbocycles. The van der Waals surface area contributed by atoms with Crippen molar-refractivity contribution in [2.75, 3.05) is 4.90 Å². The van der Waals surface area contributed by atoms with E-state index in [2.05, 4.69) is 210 Å². The van der Waals surface area contributed by atoms with Crippen molar-refractivity contribution in [1.82, 2.24) is 4.40 Å². The maximum Gasteiger partial charge on any atom is 0.0620 e. The van der Waals surface area contributed by atoms with E-state index in [0.29, 0.717) is 0 Å². The molecule has 0 fully saturated rings. The van der Waals surface area contributed by atoms with Crippen LogP contribution in [0.25, 0.3) is 70.8 Å². The molecule has 0 atom stereocenters. The third kappa shape index (κ3) is 6.18. The van der Waals surface area contributed by atoms with Crippen LogP contribution in [-0.2, 0) is 0 Å². The number of aryl methyl sites for hydroxylation is 4. The largest absolute Gasteiger partial charge is 0.310 e. The fourth-order valence-electron chi connectivity index (χ4n) is 8.39. The summed E-state index contributed by atoms with van der Waals surface area (Å²) >= 11 is 0. The Morgan fingerprint density at radius 2 is 1.02 bits per heavy atom. The summed E-state index contributed by atoms with van der Waals surface area (Å²) in [6.45, 7) is 19.0. The molecule has 2 heteroatoms. The Kier molecular flexibility index (Phi) is 9.37. The van der Waals surface area contributed by atoms with Crippen LogP contribution < -0.4 is 4.90 Å². The Labute approximate surface area is 324 Å².